The van der Waals surface area contributed by atoms with Crippen molar-refractivity contribution in [2.45, 2.75) is 39.2 Å². The lowest BCUT2D eigenvalue weighted by molar-refractivity contribution is -0.142. The molecular weight excluding hydrogens is 356 g/mol. The molecule has 0 aliphatic carbocycles. The van der Waals surface area contributed by atoms with Crippen LogP contribution in [0.25, 0.3) is 6.08 Å². The number of rotatable bonds is 6. The molecule has 1 aromatic carbocycles. The highest BCUT2D eigenvalue weighted by atomic mass is 16.5. The van der Waals surface area contributed by atoms with Gasteiger partial charge in [-0.3, -0.25) is 14.5 Å². The van der Waals surface area contributed by atoms with Crippen molar-refractivity contribution < 1.29 is 19.1 Å². The fourth-order valence-electron chi connectivity index (χ4n) is 3.33. The summed E-state index contributed by atoms with van der Waals surface area (Å²) >= 11 is 0. The summed E-state index contributed by atoms with van der Waals surface area (Å²) in [6.45, 7) is 5.14. The molecule has 2 aliphatic rings. The van der Waals surface area contributed by atoms with Crippen LogP contribution < -0.4 is 4.74 Å². The second-order valence-corrected chi connectivity index (χ2v) is 6.94. The number of imide groups is 1. The second kappa shape index (κ2) is 8.85. The van der Waals surface area contributed by atoms with Crippen molar-refractivity contribution in [1.29, 1.82) is 5.26 Å². The molecule has 0 saturated carbocycles. The van der Waals surface area contributed by atoms with E-state index in [0.29, 0.717) is 24.4 Å². The highest BCUT2D eigenvalue weighted by Gasteiger charge is 2.37. The third kappa shape index (κ3) is 4.15. The molecule has 0 spiro atoms. The van der Waals surface area contributed by atoms with Crippen LogP contribution in [0, 0.1) is 11.3 Å². The fraction of sp³-hybridized carbons (Fsp3) is 0.409. The van der Waals surface area contributed by atoms with E-state index in [9.17, 15) is 14.9 Å². The Morgan fingerprint density at radius 2 is 2.04 bits per heavy atom. The van der Waals surface area contributed by atoms with E-state index in [1.807, 2.05) is 37.3 Å². The molecule has 0 bridgehead atoms. The Labute approximate surface area is 165 Å². The van der Waals surface area contributed by atoms with Gasteiger partial charge in [0.05, 0.1) is 19.3 Å². The number of carbonyl (C=O) groups excluding carboxylic acids is 2. The summed E-state index contributed by atoms with van der Waals surface area (Å²) in [6, 6.07) is 9.35. The first-order valence-electron chi connectivity index (χ1n) is 9.58. The smallest absolute Gasteiger partial charge is 0.271 e. The molecule has 28 heavy (non-hydrogen) atoms. The van der Waals surface area contributed by atoms with Gasteiger partial charge in [0.2, 0.25) is 0 Å². The molecule has 1 saturated heterocycles. The van der Waals surface area contributed by atoms with Crippen molar-refractivity contribution >= 4 is 17.9 Å². The number of hydrogen-bond acceptors (Lipinski definition) is 5. The van der Waals surface area contributed by atoms with Gasteiger partial charge in [-0.25, -0.2) is 0 Å². The van der Waals surface area contributed by atoms with E-state index in [0.717, 1.165) is 35.5 Å². The van der Waals surface area contributed by atoms with Gasteiger partial charge >= 0.3 is 0 Å². The normalized spacial score (nSPS) is 21.4. The minimum absolute atomic E-state index is 0.00625. The largest absolute Gasteiger partial charge is 0.494 e. The fourth-order valence-corrected chi connectivity index (χ4v) is 3.33. The third-order valence-corrected chi connectivity index (χ3v) is 4.90. The van der Waals surface area contributed by atoms with Crippen molar-refractivity contribution in [3.05, 3.63) is 46.5 Å². The van der Waals surface area contributed by atoms with Crippen LogP contribution in [-0.2, 0) is 14.3 Å². The van der Waals surface area contributed by atoms with Crippen LogP contribution in [0.15, 0.2) is 41.0 Å². The van der Waals surface area contributed by atoms with Gasteiger partial charge in [0, 0.05) is 12.2 Å². The summed E-state index contributed by atoms with van der Waals surface area (Å²) < 4.78 is 11.1. The van der Waals surface area contributed by atoms with Gasteiger partial charge in [-0.05, 0) is 55.5 Å². The Hall–Kier alpha value is -2.91. The van der Waals surface area contributed by atoms with Crippen LogP contribution in [0.3, 0.4) is 0 Å². The molecule has 0 aromatic heterocycles. The highest BCUT2D eigenvalue weighted by molar-refractivity contribution is 6.19. The number of carbonyl (C=O) groups is 2. The van der Waals surface area contributed by atoms with Crippen molar-refractivity contribution in [2.75, 3.05) is 19.8 Å². The van der Waals surface area contributed by atoms with E-state index in [-0.39, 0.29) is 24.1 Å². The number of hydrogen-bond donors (Lipinski definition) is 0. The van der Waals surface area contributed by atoms with E-state index in [1.54, 1.807) is 13.0 Å². The van der Waals surface area contributed by atoms with E-state index in [4.69, 9.17) is 9.47 Å². The number of nitrogens with zero attached hydrogens (tertiary/aromatic N) is 2. The van der Waals surface area contributed by atoms with Crippen LogP contribution in [0.2, 0.25) is 0 Å². The van der Waals surface area contributed by atoms with Crippen LogP contribution in [0.5, 0.6) is 5.75 Å². The maximum absolute atomic E-state index is 13.0. The molecule has 1 unspecified atom stereocenters. The van der Waals surface area contributed by atoms with Gasteiger partial charge in [0.25, 0.3) is 11.8 Å². The maximum atomic E-state index is 13.0. The van der Waals surface area contributed by atoms with Gasteiger partial charge < -0.3 is 9.47 Å². The standard InChI is InChI=1S/C22H24N2O4/c1-3-10-27-17-8-6-16(7-9-17)12-19-15(2)20(13-23)22(26)24(21(19)25)14-18-5-4-11-28-18/h6-9,12,18H,3-5,10-11,14H2,1-2H3/b19-12+. The summed E-state index contributed by atoms with van der Waals surface area (Å²) in [4.78, 5) is 26.8. The van der Waals surface area contributed by atoms with E-state index in [1.165, 1.54) is 0 Å². The number of ether oxygens (including phenoxy) is 2. The SMILES string of the molecule is CCCOc1ccc(/C=C2/C(=O)N(CC3CCCO3)C(=O)C(C#N)=C2C)cc1. The Morgan fingerprint density at radius 3 is 2.64 bits per heavy atom. The number of benzene rings is 1. The average molecular weight is 380 g/mol. The van der Waals surface area contributed by atoms with Gasteiger partial charge in [-0.15, -0.1) is 0 Å². The first-order chi connectivity index (χ1) is 13.5. The zero-order chi connectivity index (χ0) is 20.1. The summed E-state index contributed by atoms with van der Waals surface area (Å²) in [5.74, 6) is -0.164. The predicted molar refractivity (Wildman–Crippen MR) is 104 cm³/mol. The molecule has 2 heterocycles. The van der Waals surface area contributed by atoms with Gasteiger partial charge in [0.1, 0.15) is 17.4 Å². The van der Waals surface area contributed by atoms with E-state index in [2.05, 4.69) is 0 Å². The third-order valence-electron chi connectivity index (χ3n) is 4.90. The van der Waals surface area contributed by atoms with Crippen molar-refractivity contribution in [2.24, 2.45) is 0 Å². The Balaban J connectivity index is 1.90. The molecule has 1 fully saturated rings. The molecule has 6 heteroatoms. The first-order valence-corrected chi connectivity index (χ1v) is 9.58. The summed E-state index contributed by atoms with van der Waals surface area (Å²) in [5.41, 5.74) is 1.57. The lowest BCUT2D eigenvalue weighted by Gasteiger charge is -2.29. The van der Waals surface area contributed by atoms with Gasteiger partial charge in [0.15, 0.2) is 0 Å². The number of nitriles is 1. The molecule has 146 valence electrons. The molecule has 2 aliphatic heterocycles. The van der Waals surface area contributed by atoms with Gasteiger partial charge in [-0.1, -0.05) is 19.1 Å². The van der Waals surface area contributed by atoms with Crippen molar-refractivity contribution in [3.8, 4) is 11.8 Å². The van der Waals surface area contributed by atoms with Gasteiger partial charge in [-0.2, -0.15) is 5.26 Å². The highest BCUT2D eigenvalue weighted by Crippen LogP contribution is 2.28. The minimum Gasteiger partial charge on any atom is -0.494 e. The van der Waals surface area contributed by atoms with Crippen LogP contribution in [0.1, 0.15) is 38.7 Å². The van der Waals surface area contributed by atoms with Crippen molar-refractivity contribution in [3.63, 3.8) is 0 Å². The molecular formula is C22H24N2O4. The molecule has 6 nitrogen and oxygen atoms in total. The molecule has 2 amide bonds. The average Bonchev–Trinajstić information content (AvgIpc) is 3.21. The van der Waals surface area contributed by atoms with E-state index < -0.39 is 5.91 Å². The van der Waals surface area contributed by atoms with Crippen molar-refractivity contribution in [1.82, 2.24) is 4.90 Å². The predicted octanol–water partition coefficient (Wildman–Crippen LogP) is 3.25. The minimum atomic E-state index is -0.541. The lowest BCUT2D eigenvalue weighted by atomic mass is 9.93. The molecule has 0 radical (unpaired) electrons. The summed E-state index contributed by atoms with van der Waals surface area (Å²) in [6.07, 6.45) is 4.20. The van der Waals surface area contributed by atoms with Crippen LogP contribution in [0.4, 0.5) is 0 Å². The quantitative estimate of drug-likeness (QED) is 0.559. The zero-order valence-corrected chi connectivity index (χ0v) is 16.2. The molecule has 3 rings (SSSR count). The Kier molecular flexibility index (Phi) is 6.27. The number of amides is 2. The summed E-state index contributed by atoms with van der Waals surface area (Å²) in [7, 11) is 0. The molecule has 1 aromatic rings. The monoisotopic (exact) mass is 380 g/mol. The Bertz CT molecular complexity index is 856. The van der Waals surface area contributed by atoms with Crippen LogP contribution >= 0.6 is 0 Å². The van der Waals surface area contributed by atoms with Crippen LogP contribution in [-0.4, -0.2) is 42.6 Å². The molecule has 0 N–H and O–H groups in total. The zero-order valence-electron chi connectivity index (χ0n) is 16.2. The van der Waals surface area contributed by atoms with E-state index >= 15 is 0 Å². The summed E-state index contributed by atoms with van der Waals surface area (Å²) in [5, 5.41) is 9.46. The second-order valence-electron chi connectivity index (χ2n) is 6.94. The first kappa shape index (κ1) is 19.8. The lowest BCUT2D eigenvalue weighted by Crippen LogP contribution is -2.46. The topological polar surface area (TPSA) is 79.6 Å². The molecule has 1 atom stereocenters. The Morgan fingerprint density at radius 1 is 1.29 bits per heavy atom. The maximum Gasteiger partial charge on any atom is 0.271 e.